The fourth-order valence-corrected chi connectivity index (χ4v) is 5.16. The number of fused-ring (bicyclic) bond motifs is 1. The Balaban J connectivity index is 1.54. The first-order chi connectivity index (χ1) is 18.6. The number of para-hydroxylation sites is 1. The first kappa shape index (κ1) is 28.4. The molecule has 4 aromatic rings. The molecule has 0 aliphatic carbocycles. The largest absolute Gasteiger partial charge is 0.340 e. The molecule has 202 valence electrons. The molecule has 0 aliphatic heterocycles. The maximum atomic E-state index is 13.1. The van der Waals surface area contributed by atoms with Crippen LogP contribution in [0.4, 0.5) is 0 Å². The third-order valence-electron chi connectivity index (χ3n) is 6.58. The van der Waals surface area contributed by atoms with E-state index in [1.807, 2.05) is 26.0 Å². The molecule has 0 radical (unpaired) electrons. The Hall–Kier alpha value is -3.61. The topological polar surface area (TPSA) is 75.5 Å². The highest BCUT2D eigenvalue weighted by Crippen LogP contribution is 2.26. The molecule has 0 unspecified atom stereocenters. The van der Waals surface area contributed by atoms with E-state index in [-0.39, 0.29) is 16.5 Å². The summed E-state index contributed by atoms with van der Waals surface area (Å²) in [4.78, 5) is 26.0. The average Bonchev–Trinajstić information content (AvgIpc) is 3.14. The summed E-state index contributed by atoms with van der Waals surface area (Å²) in [6.07, 6.45) is 2.11. The quantitative estimate of drug-likeness (QED) is 0.172. The zero-order valence-corrected chi connectivity index (χ0v) is 24.0. The van der Waals surface area contributed by atoms with Crippen LogP contribution in [-0.2, 0) is 11.3 Å². The van der Waals surface area contributed by atoms with Gasteiger partial charge in [0.1, 0.15) is 6.04 Å². The van der Waals surface area contributed by atoms with Gasteiger partial charge in [-0.05, 0) is 56.0 Å². The highest BCUT2D eigenvalue weighted by Gasteiger charge is 2.23. The number of hydrogen-bond donors (Lipinski definition) is 2. The maximum absolute atomic E-state index is 13.1. The van der Waals surface area contributed by atoms with Crippen molar-refractivity contribution in [3.63, 3.8) is 0 Å². The second kappa shape index (κ2) is 12.5. The smallest absolute Gasteiger partial charge is 0.262 e. The Labute approximate surface area is 239 Å². The summed E-state index contributed by atoms with van der Waals surface area (Å²) in [6, 6.07) is 20.4. The second-order valence-electron chi connectivity index (χ2n) is 10.1. The van der Waals surface area contributed by atoms with Gasteiger partial charge >= 0.3 is 0 Å². The lowest BCUT2D eigenvalue weighted by Crippen LogP contribution is -2.46. The van der Waals surface area contributed by atoms with E-state index in [4.69, 9.17) is 23.2 Å². The normalized spacial score (nSPS) is 12.3. The zero-order valence-electron chi connectivity index (χ0n) is 22.5. The van der Waals surface area contributed by atoms with Crippen molar-refractivity contribution >= 4 is 52.1 Å². The summed E-state index contributed by atoms with van der Waals surface area (Å²) in [5.74, 6) is -0.691. The van der Waals surface area contributed by atoms with Crippen LogP contribution in [0, 0.1) is 19.8 Å². The molecule has 1 aromatic heterocycles. The molecule has 1 heterocycles. The molecule has 0 saturated heterocycles. The van der Waals surface area contributed by atoms with Gasteiger partial charge in [0.25, 0.3) is 11.8 Å². The SMILES string of the molecule is Cc1cccc(Cn2c(C)c(/C=N\NC(=O)[C@H](CC(C)C)NC(=O)c3ccc(Cl)cc3Cl)c3ccccc32)c1. The van der Waals surface area contributed by atoms with E-state index >= 15 is 0 Å². The number of aromatic nitrogens is 1. The van der Waals surface area contributed by atoms with Gasteiger partial charge in [0.15, 0.2) is 0 Å². The van der Waals surface area contributed by atoms with Crippen molar-refractivity contribution in [2.75, 3.05) is 0 Å². The Bertz CT molecular complexity index is 1540. The molecule has 6 nitrogen and oxygen atoms in total. The number of carbonyl (C=O) groups is 2. The molecule has 0 aliphatic rings. The number of benzene rings is 3. The third kappa shape index (κ3) is 6.88. The van der Waals surface area contributed by atoms with Gasteiger partial charge in [0, 0.05) is 33.7 Å². The molecule has 8 heteroatoms. The van der Waals surface area contributed by atoms with Gasteiger partial charge in [-0.1, -0.05) is 85.1 Å². The van der Waals surface area contributed by atoms with Crippen molar-refractivity contribution in [1.29, 1.82) is 0 Å². The number of hydrazone groups is 1. The minimum Gasteiger partial charge on any atom is -0.340 e. The van der Waals surface area contributed by atoms with Gasteiger partial charge in [0.05, 0.1) is 16.8 Å². The lowest BCUT2D eigenvalue weighted by molar-refractivity contribution is -0.123. The van der Waals surface area contributed by atoms with Crippen molar-refractivity contribution in [1.82, 2.24) is 15.3 Å². The van der Waals surface area contributed by atoms with Crippen molar-refractivity contribution in [3.8, 4) is 0 Å². The van der Waals surface area contributed by atoms with E-state index in [1.165, 1.54) is 23.3 Å². The summed E-state index contributed by atoms with van der Waals surface area (Å²) in [5.41, 5.74) is 8.37. The van der Waals surface area contributed by atoms with E-state index in [0.717, 1.165) is 28.7 Å². The predicted molar refractivity (Wildman–Crippen MR) is 160 cm³/mol. The number of rotatable bonds is 9. The van der Waals surface area contributed by atoms with Crippen LogP contribution in [0.15, 0.2) is 71.8 Å². The molecule has 2 N–H and O–H groups in total. The molecule has 4 rings (SSSR count). The number of nitrogens with zero attached hydrogens (tertiary/aromatic N) is 2. The van der Waals surface area contributed by atoms with Crippen molar-refractivity contribution in [2.24, 2.45) is 11.0 Å². The van der Waals surface area contributed by atoms with Gasteiger partial charge in [0.2, 0.25) is 0 Å². The van der Waals surface area contributed by atoms with Gasteiger partial charge in [-0.25, -0.2) is 5.43 Å². The lowest BCUT2D eigenvalue weighted by atomic mass is 10.0. The number of nitrogens with one attached hydrogen (secondary N) is 2. The Morgan fingerprint density at radius 1 is 1.00 bits per heavy atom. The molecular weight excluding hydrogens is 531 g/mol. The third-order valence-corrected chi connectivity index (χ3v) is 7.12. The molecular formula is C31H32Cl2N4O2. The van der Waals surface area contributed by atoms with E-state index in [1.54, 1.807) is 12.3 Å². The highest BCUT2D eigenvalue weighted by atomic mass is 35.5. The first-order valence-corrected chi connectivity index (χ1v) is 13.6. The summed E-state index contributed by atoms with van der Waals surface area (Å²) >= 11 is 12.1. The molecule has 0 spiro atoms. The van der Waals surface area contributed by atoms with Gasteiger partial charge in [-0.2, -0.15) is 5.10 Å². The maximum Gasteiger partial charge on any atom is 0.262 e. The molecule has 1 atom stereocenters. The van der Waals surface area contributed by atoms with Crippen molar-refractivity contribution in [3.05, 3.63) is 105 Å². The van der Waals surface area contributed by atoms with Crippen LogP contribution in [0.1, 0.15) is 53.0 Å². The zero-order chi connectivity index (χ0) is 28.1. The second-order valence-corrected chi connectivity index (χ2v) is 10.9. The minimum absolute atomic E-state index is 0.160. The van der Waals surface area contributed by atoms with Crippen LogP contribution in [0.5, 0.6) is 0 Å². The van der Waals surface area contributed by atoms with E-state index < -0.39 is 17.9 Å². The fraction of sp³-hybridized carbons (Fsp3) is 0.258. The number of aryl methyl sites for hydroxylation is 1. The minimum atomic E-state index is -0.787. The molecule has 0 bridgehead atoms. The number of halogens is 2. The fourth-order valence-electron chi connectivity index (χ4n) is 4.67. The van der Waals surface area contributed by atoms with Crippen LogP contribution in [0.2, 0.25) is 10.0 Å². The van der Waals surface area contributed by atoms with Gasteiger partial charge < -0.3 is 9.88 Å². The molecule has 39 heavy (non-hydrogen) atoms. The molecule has 2 amide bonds. The summed E-state index contributed by atoms with van der Waals surface area (Å²) in [6.45, 7) is 8.83. The summed E-state index contributed by atoms with van der Waals surface area (Å²) < 4.78 is 2.25. The van der Waals surface area contributed by atoms with Crippen LogP contribution >= 0.6 is 23.2 Å². The molecule has 0 saturated carbocycles. The van der Waals surface area contributed by atoms with Crippen LogP contribution in [0.3, 0.4) is 0 Å². The van der Waals surface area contributed by atoms with E-state index in [9.17, 15) is 9.59 Å². The van der Waals surface area contributed by atoms with Crippen molar-refractivity contribution in [2.45, 2.75) is 46.7 Å². The predicted octanol–water partition coefficient (Wildman–Crippen LogP) is 6.91. The summed E-state index contributed by atoms with van der Waals surface area (Å²) in [5, 5.41) is 8.78. The summed E-state index contributed by atoms with van der Waals surface area (Å²) in [7, 11) is 0. The van der Waals surface area contributed by atoms with Gasteiger partial charge in [-0.3, -0.25) is 9.59 Å². The molecule has 3 aromatic carbocycles. The lowest BCUT2D eigenvalue weighted by Gasteiger charge is -2.19. The Kier molecular flexibility index (Phi) is 9.10. The van der Waals surface area contributed by atoms with Crippen LogP contribution in [-0.4, -0.2) is 28.6 Å². The highest BCUT2D eigenvalue weighted by molar-refractivity contribution is 6.36. The number of amides is 2. The number of hydrogen-bond acceptors (Lipinski definition) is 3. The average molecular weight is 564 g/mol. The first-order valence-electron chi connectivity index (χ1n) is 12.9. The van der Waals surface area contributed by atoms with Gasteiger partial charge in [-0.15, -0.1) is 0 Å². The van der Waals surface area contributed by atoms with E-state index in [0.29, 0.717) is 11.4 Å². The molecule has 0 fully saturated rings. The van der Waals surface area contributed by atoms with Crippen LogP contribution < -0.4 is 10.7 Å². The van der Waals surface area contributed by atoms with Crippen LogP contribution in [0.25, 0.3) is 10.9 Å². The number of carbonyl (C=O) groups excluding carboxylic acids is 2. The monoisotopic (exact) mass is 562 g/mol. The van der Waals surface area contributed by atoms with Crippen molar-refractivity contribution < 1.29 is 9.59 Å². The Morgan fingerprint density at radius 2 is 1.77 bits per heavy atom. The standard InChI is InChI=1S/C31H32Cl2N4O2/c1-19(2)14-28(35-30(38)25-13-12-23(32)16-27(25)33)31(39)36-34-17-26-21(4)37(29-11-6-5-10-24(26)29)18-22-9-7-8-20(3)15-22/h5-13,15-17,19,28H,14,18H2,1-4H3,(H,35,38)(H,36,39)/b34-17-/t28-/m0/s1. The van der Waals surface area contributed by atoms with E-state index in [2.05, 4.69) is 70.7 Å². The Morgan fingerprint density at radius 3 is 2.49 bits per heavy atom.